The standard InChI is InChI=1S/C13H19NO5/c15-4-6-19-5-3-14-12(16)10-8-1-2-9(7-8)11(10)13(17)18/h1-2,8-11,15H,3-7H2,(H,14,16)(H,17,18)/t8?,9?,10-,11+/m0/s1. The van der Waals surface area contributed by atoms with E-state index in [1.807, 2.05) is 12.2 Å². The van der Waals surface area contributed by atoms with E-state index in [2.05, 4.69) is 5.32 Å². The highest BCUT2D eigenvalue weighted by Crippen LogP contribution is 2.48. The molecule has 0 aromatic rings. The summed E-state index contributed by atoms with van der Waals surface area (Å²) in [5.74, 6) is -2.14. The molecule has 0 saturated heterocycles. The van der Waals surface area contributed by atoms with Crippen LogP contribution in [0.2, 0.25) is 0 Å². The second-order valence-corrected chi connectivity index (χ2v) is 4.97. The molecule has 4 atom stereocenters. The van der Waals surface area contributed by atoms with Crippen molar-refractivity contribution in [1.29, 1.82) is 0 Å². The number of rotatable bonds is 7. The molecule has 3 N–H and O–H groups in total. The highest BCUT2D eigenvalue weighted by Gasteiger charge is 2.51. The molecule has 0 spiro atoms. The van der Waals surface area contributed by atoms with Crippen molar-refractivity contribution >= 4 is 11.9 Å². The third-order valence-corrected chi connectivity index (χ3v) is 3.83. The molecule has 1 fully saturated rings. The van der Waals surface area contributed by atoms with Gasteiger partial charge in [-0.05, 0) is 18.3 Å². The van der Waals surface area contributed by atoms with Crippen molar-refractivity contribution in [1.82, 2.24) is 5.32 Å². The number of amides is 1. The van der Waals surface area contributed by atoms with Gasteiger partial charge in [0.25, 0.3) is 0 Å². The fraction of sp³-hybridized carbons (Fsp3) is 0.692. The van der Waals surface area contributed by atoms with E-state index in [9.17, 15) is 14.7 Å². The zero-order valence-electron chi connectivity index (χ0n) is 10.6. The first kappa shape index (κ1) is 14.0. The van der Waals surface area contributed by atoms with Gasteiger partial charge < -0.3 is 20.3 Å². The second kappa shape index (κ2) is 6.16. The van der Waals surface area contributed by atoms with Crippen LogP contribution < -0.4 is 5.32 Å². The van der Waals surface area contributed by atoms with Crippen LogP contribution in [0.4, 0.5) is 0 Å². The number of hydrogen-bond acceptors (Lipinski definition) is 4. The normalized spacial score (nSPS) is 31.6. The fourth-order valence-corrected chi connectivity index (χ4v) is 3.05. The monoisotopic (exact) mass is 269 g/mol. The molecule has 19 heavy (non-hydrogen) atoms. The smallest absolute Gasteiger partial charge is 0.307 e. The van der Waals surface area contributed by atoms with Crippen LogP contribution in [0.1, 0.15) is 6.42 Å². The highest BCUT2D eigenvalue weighted by molar-refractivity contribution is 5.86. The first-order chi connectivity index (χ1) is 9.15. The Kier molecular flexibility index (Phi) is 4.55. The van der Waals surface area contributed by atoms with Crippen LogP contribution in [-0.4, -0.2) is 48.5 Å². The van der Waals surface area contributed by atoms with Gasteiger partial charge in [-0.25, -0.2) is 0 Å². The Morgan fingerprint density at radius 2 is 1.89 bits per heavy atom. The molecule has 0 radical (unpaired) electrons. The number of carboxylic acids is 1. The van der Waals surface area contributed by atoms with E-state index in [1.165, 1.54) is 0 Å². The summed E-state index contributed by atoms with van der Waals surface area (Å²) in [7, 11) is 0. The molecule has 1 saturated carbocycles. The first-order valence-corrected chi connectivity index (χ1v) is 6.52. The fourth-order valence-electron chi connectivity index (χ4n) is 3.05. The Bertz CT molecular complexity index is 381. The lowest BCUT2D eigenvalue weighted by atomic mass is 9.82. The van der Waals surface area contributed by atoms with Crippen LogP contribution in [-0.2, 0) is 14.3 Å². The average molecular weight is 269 g/mol. The van der Waals surface area contributed by atoms with E-state index in [0.29, 0.717) is 13.2 Å². The number of aliphatic hydroxyl groups excluding tert-OH is 1. The van der Waals surface area contributed by atoms with E-state index in [1.54, 1.807) is 0 Å². The quantitative estimate of drug-likeness (QED) is 0.433. The lowest BCUT2D eigenvalue weighted by Crippen LogP contribution is -2.41. The highest BCUT2D eigenvalue weighted by atomic mass is 16.5. The number of carboxylic acid groups (broad SMARTS) is 1. The minimum absolute atomic E-state index is 0.0103. The molecule has 6 nitrogen and oxygen atoms in total. The van der Waals surface area contributed by atoms with Crippen LogP contribution >= 0.6 is 0 Å². The van der Waals surface area contributed by atoms with Gasteiger partial charge >= 0.3 is 5.97 Å². The number of allylic oxidation sites excluding steroid dienone is 2. The predicted molar refractivity (Wildman–Crippen MR) is 66.3 cm³/mol. The Morgan fingerprint density at radius 1 is 1.21 bits per heavy atom. The van der Waals surface area contributed by atoms with Crippen LogP contribution in [0.15, 0.2) is 12.2 Å². The lowest BCUT2D eigenvalue weighted by molar-refractivity contribution is -0.147. The van der Waals surface area contributed by atoms with E-state index < -0.39 is 17.8 Å². The summed E-state index contributed by atoms with van der Waals surface area (Å²) in [6.45, 7) is 0.847. The molecule has 2 bridgehead atoms. The van der Waals surface area contributed by atoms with Gasteiger partial charge in [0.2, 0.25) is 5.91 Å². The van der Waals surface area contributed by atoms with Gasteiger partial charge in [0.15, 0.2) is 0 Å². The zero-order chi connectivity index (χ0) is 13.8. The molecule has 0 aromatic heterocycles. The first-order valence-electron chi connectivity index (χ1n) is 6.52. The summed E-state index contributed by atoms with van der Waals surface area (Å²) in [6, 6.07) is 0. The SMILES string of the molecule is O=C(O)[C@@H]1C2C=CC(C2)[C@@H]1C(=O)NCCOCCO. The molecular formula is C13H19NO5. The maximum Gasteiger partial charge on any atom is 0.307 e. The molecule has 2 aliphatic rings. The Morgan fingerprint density at radius 3 is 2.53 bits per heavy atom. The number of nitrogens with one attached hydrogen (secondary N) is 1. The van der Waals surface area contributed by atoms with Gasteiger partial charge in [-0.3, -0.25) is 9.59 Å². The predicted octanol–water partition coefficient (Wildman–Crippen LogP) is -0.366. The van der Waals surface area contributed by atoms with Gasteiger partial charge in [-0.2, -0.15) is 0 Å². The maximum absolute atomic E-state index is 12.1. The second-order valence-electron chi connectivity index (χ2n) is 4.97. The van der Waals surface area contributed by atoms with E-state index in [0.717, 1.165) is 6.42 Å². The van der Waals surface area contributed by atoms with Crippen molar-refractivity contribution < 1.29 is 24.5 Å². The Labute approximate surface area is 111 Å². The minimum Gasteiger partial charge on any atom is -0.481 e. The van der Waals surface area contributed by atoms with Crippen molar-refractivity contribution in [2.45, 2.75) is 6.42 Å². The molecule has 0 aliphatic heterocycles. The van der Waals surface area contributed by atoms with Crippen molar-refractivity contribution in [3.63, 3.8) is 0 Å². The third-order valence-electron chi connectivity index (χ3n) is 3.83. The molecule has 2 rings (SSSR count). The summed E-state index contributed by atoms with van der Waals surface area (Å²) < 4.78 is 5.04. The summed E-state index contributed by atoms with van der Waals surface area (Å²) in [5, 5.41) is 20.5. The van der Waals surface area contributed by atoms with Gasteiger partial charge in [0.1, 0.15) is 0 Å². The molecule has 1 amide bonds. The molecule has 106 valence electrons. The number of carbonyl (C=O) groups excluding carboxylic acids is 1. The number of ether oxygens (including phenoxy) is 1. The van der Waals surface area contributed by atoms with E-state index in [4.69, 9.17) is 9.84 Å². The number of aliphatic carboxylic acids is 1. The molecule has 2 unspecified atom stereocenters. The Balaban J connectivity index is 1.84. The number of carbonyl (C=O) groups is 2. The van der Waals surface area contributed by atoms with E-state index >= 15 is 0 Å². The van der Waals surface area contributed by atoms with Crippen molar-refractivity contribution in [2.24, 2.45) is 23.7 Å². The van der Waals surface area contributed by atoms with E-state index in [-0.39, 0.29) is 31.0 Å². The minimum atomic E-state index is -0.895. The third kappa shape index (κ3) is 2.96. The largest absolute Gasteiger partial charge is 0.481 e. The van der Waals surface area contributed by atoms with Crippen LogP contribution in [0.5, 0.6) is 0 Å². The van der Waals surface area contributed by atoms with Gasteiger partial charge in [-0.15, -0.1) is 0 Å². The number of hydrogen-bond donors (Lipinski definition) is 3. The molecule has 0 heterocycles. The Hall–Kier alpha value is -1.40. The number of aliphatic hydroxyl groups is 1. The van der Waals surface area contributed by atoms with Crippen molar-refractivity contribution in [2.75, 3.05) is 26.4 Å². The molecule has 2 aliphatic carbocycles. The summed E-state index contributed by atoms with van der Waals surface area (Å²) in [6.07, 6.45) is 4.63. The van der Waals surface area contributed by atoms with Gasteiger partial charge in [-0.1, -0.05) is 12.2 Å². The molecule has 6 heteroatoms. The van der Waals surface area contributed by atoms with Crippen LogP contribution in [0.3, 0.4) is 0 Å². The lowest BCUT2D eigenvalue weighted by Gasteiger charge is -2.23. The molecule has 0 aromatic carbocycles. The average Bonchev–Trinajstić information content (AvgIpc) is 2.98. The van der Waals surface area contributed by atoms with Crippen molar-refractivity contribution in [3.8, 4) is 0 Å². The number of fused-ring (bicyclic) bond motifs is 2. The van der Waals surface area contributed by atoms with Crippen LogP contribution in [0, 0.1) is 23.7 Å². The summed E-state index contributed by atoms with van der Waals surface area (Å²) in [4.78, 5) is 23.3. The zero-order valence-corrected chi connectivity index (χ0v) is 10.6. The topological polar surface area (TPSA) is 95.9 Å². The van der Waals surface area contributed by atoms with Crippen LogP contribution in [0.25, 0.3) is 0 Å². The van der Waals surface area contributed by atoms with Gasteiger partial charge in [0, 0.05) is 6.54 Å². The molecular weight excluding hydrogens is 250 g/mol. The van der Waals surface area contributed by atoms with Gasteiger partial charge in [0.05, 0.1) is 31.7 Å². The maximum atomic E-state index is 12.1. The summed E-state index contributed by atoms with van der Waals surface area (Å²) in [5.41, 5.74) is 0. The summed E-state index contributed by atoms with van der Waals surface area (Å²) >= 11 is 0. The van der Waals surface area contributed by atoms with Crippen molar-refractivity contribution in [3.05, 3.63) is 12.2 Å².